The second-order valence-corrected chi connectivity index (χ2v) is 7.40. The second-order valence-electron chi connectivity index (χ2n) is 7.40. The summed E-state index contributed by atoms with van der Waals surface area (Å²) in [6.45, 7) is 5.33. The summed E-state index contributed by atoms with van der Waals surface area (Å²) in [5.41, 5.74) is 2.23. The van der Waals surface area contributed by atoms with Crippen molar-refractivity contribution >= 4 is 7.05 Å². The number of fused-ring (bicyclic) bond motifs is 1. The summed E-state index contributed by atoms with van der Waals surface area (Å²) in [5.74, 6) is 0. The summed E-state index contributed by atoms with van der Waals surface area (Å²) >= 11 is 0. The van der Waals surface area contributed by atoms with Crippen molar-refractivity contribution in [3.05, 3.63) is 71.8 Å². The van der Waals surface area contributed by atoms with E-state index in [1.165, 1.54) is 36.8 Å². The van der Waals surface area contributed by atoms with E-state index < -0.39 is 0 Å². The lowest BCUT2D eigenvalue weighted by Gasteiger charge is -2.36. The maximum Gasteiger partial charge on any atom is 0.380 e. The monoisotopic (exact) mass is 349 g/mol. The molecule has 3 aliphatic rings. The number of hydrogen-bond donors (Lipinski definition) is 0. The Hall–Kier alpha value is -1.62. The van der Waals surface area contributed by atoms with Crippen molar-refractivity contribution in [2.75, 3.05) is 19.8 Å². The van der Waals surface area contributed by atoms with Crippen LogP contribution in [-0.2, 0) is 15.0 Å². The van der Waals surface area contributed by atoms with Gasteiger partial charge in [0.1, 0.15) is 5.60 Å². The molecular weight excluding hydrogens is 321 g/mol. The quantitative estimate of drug-likeness (QED) is 0.753. The van der Waals surface area contributed by atoms with Crippen LogP contribution in [-0.4, -0.2) is 37.7 Å². The summed E-state index contributed by atoms with van der Waals surface area (Å²) < 4.78 is 11.6. The number of rotatable bonds is 2. The van der Waals surface area contributed by atoms with E-state index >= 15 is 0 Å². The van der Waals surface area contributed by atoms with Crippen molar-refractivity contribution in [2.45, 2.75) is 44.1 Å². The second kappa shape index (κ2) is 7.95. The third-order valence-electron chi connectivity index (χ3n) is 5.82. The molecule has 26 heavy (non-hydrogen) atoms. The molecular formula is C22H28BNO2. The zero-order valence-electron chi connectivity index (χ0n) is 15.6. The molecule has 0 radical (unpaired) electrons. The molecule has 0 bridgehead atoms. The van der Waals surface area contributed by atoms with Gasteiger partial charge in [-0.2, -0.15) is 0 Å². The van der Waals surface area contributed by atoms with Crippen molar-refractivity contribution in [3.63, 3.8) is 0 Å². The van der Waals surface area contributed by atoms with Crippen molar-refractivity contribution in [1.29, 1.82) is 0 Å². The molecule has 0 amide bonds. The van der Waals surface area contributed by atoms with Gasteiger partial charge in [-0.25, -0.2) is 0 Å². The first kappa shape index (κ1) is 17.8. The van der Waals surface area contributed by atoms with Crippen LogP contribution in [0.15, 0.2) is 60.7 Å². The van der Waals surface area contributed by atoms with Crippen LogP contribution in [0.3, 0.4) is 0 Å². The van der Waals surface area contributed by atoms with Crippen LogP contribution in [0.1, 0.15) is 36.8 Å². The van der Waals surface area contributed by atoms with Gasteiger partial charge in [0.2, 0.25) is 0 Å². The van der Waals surface area contributed by atoms with Crippen LogP contribution < -0.4 is 0 Å². The van der Waals surface area contributed by atoms with Gasteiger partial charge >= 0.3 is 7.05 Å². The summed E-state index contributed by atoms with van der Waals surface area (Å²) in [6, 6.07) is 21.9. The fourth-order valence-electron chi connectivity index (χ4n) is 4.65. The van der Waals surface area contributed by atoms with Crippen molar-refractivity contribution in [2.24, 2.45) is 0 Å². The van der Waals surface area contributed by atoms with E-state index in [4.69, 9.17) is 9.39 Å². The lowest BCUT2D eigenvalue weighted by atomic mass is 9.79. The molecule has 0 aromatic heterocycles. The van der Waals surface area contributed by atoms with Gasteiger partial charge in [0.25, 0.3) is 0 Å². The first-order chi connectivity index (χ1) is 12.8. The van der Waals surface area contributed by atoms with Crippen LogP contribution >= 0.6 is 0 Å². The molecule has 3 nitrogen and oxygen atoms in total. The van der Waals surface area contributed by atoms with Crippen LogP contribution in [0.2, 0.25) is 6.82 Å². The topological polar surface area (TPSA) is 21.7 Å². The lowest BCUT2D eigenvalue weighted by Crippen LogP contribution is -2.41. The van der Waals surface area contributed by atoms with E-state index in [1.54, 1.807) is 0 Å². The Morgan fingerprint density at radius 3 is 1.96 bits per heavy atom. The van der Waals surface area contributed by atoms with Crippen molar-refractivity contribution < 1.29 is 9.39 Å². The largest absolute Gasteiger partial charge is 0.406 e. The highest BCUT2D eigenvalue weighted by Crippen LogP contribution is 2.48. The zero-order chi connectivity index (χ0) is 17.8. The van der Waals surface area contributed by atoms with Crippen LogP contribution in [0.4, 0.5) is 0 Å². The maximum atomic E-state index is 6.61. The van der Waals surface area contributed by atoms with Gasteiger partial charge in [0.15, 0.2) is 0 Å². The number of hydrogen-bond acceptors (Lipinski definition) is 3. The number of benzene rings is 2. The van der Waals surface area contributed by atoms with E-state index in [-0.39, 0.29) is 12.7 Å². The van der Waals surface area contributed by atoms with Gasteiger partial charge in [-0.3, -0.25) is 0 Å². The van der Waals surface area contributed by atoms with Gasteiger partial charge in [-0.1, -0.05) is 60.7 Å². The molecule has 5 rings (SSSR count). The van der Waals surface area contributed by atoms with Gasteiger partial charge in [-0.15, -0.1) is 0 Å². The summed E-state index contributed by atoms with van der Waals surface area (Å²) in [4.78, 5) is 2.53. The van der Waals surface area contributed by atoms with E-state index in [0.717, 1.165) is 19.8 Å². The molecule has 0 spiro atoms. The third kappa shape index (κ3) is 3.22. The van der Waals surface area contributed by atoms with E-state index in [0.29, 0.717) is 6.04 Å². The molecule has 0 saturated carbocycles. The Labute approximate surface area is 157 Å². The average molecular weight is 349 g/mol. The van der Waals surface area contributed by atoms with Crippen molar-refractivity contribution in [3.8, 4) is 0 Å². The summed E-state index contributed by atoms with van der Waals surface area (Å²) in [6.07, 6.45) is 5.02. The zero-order valence-corrected chi connectivity index (χ0v) is 15.6. The molecule has 3 aliphatic heterocycles. The number of nitrogens with zero attached hydrogens (tertiary/aromatic N) is 1. The fourth-order valence-corrected chi connectivity index (χ4v) is 4.65. The van der Waals surface area contributed by atoms with E-state index in [1.807, 2.05) is 0 Å². The molecule has 0 N–H and O–H groups in total. The highest BCUT2D eigenvalue weighted by atomic mass is 16.5. The Bertz CT molecular complexity index is 643. The summed E-state index contributed by atoms with van der Waals surface area (Å²) in [7, 11) is 0.179. The van der Waals surface area contributed by atoms with Crippen LogP contribution in [0.5, 0.6) is 0 Å². The molecule has 0 aliphatic carbocycles. The van der Waals surface area contributed by atoms with Gasteiger partial charge < -0.3 is 14.2 Å². The molecule has 0 unspecified atom stereocenters. The van der Waals surface area contributed by atoms with Gasteiger partial charge in [-0.05, 0) is 50.2 Å². The SMILES string of the molecule is C1CCOC1.CB1OC(c2ccccc2)(c2ccccc2)[C@@H]2CCCN12. The molecule has 1 atom stereocenters. The lowest BCUT2D eigenvalue weighted by molar-refractivity contribution is 0.106. The molecule has 3 heterocycles. The highest BCUT2D eigenvalue weighted by Gasteiger charge is 2.56. The number of ether oxygens (including phenoxy) is 1. The third-order valence-corrected chi connectivity index (χ3v) is 5.82. The summed E-state index contributed by atoms with van der Waals surface area (Å²) in [5, 5.41) is 0. The standard InChI is InChI=1S/C18H20BNO.C4H8O/c1-19-20-14-8-13-17(20)18(21-19,15-9-4-2-5-10-15)16-11-6-3-7-12-16;1-2-4-5-3-1/h2-7,9-12,17H,8,13-14H2,1H3;1-4H2/t17-;/m0./s1. The minimum atomic E-state index is -0.321. The van der Waals surface area contributed by atoms with E-state index in [2.05, 4.69) is 72.3 Å². The van der Waals surface area contributed by atoms with E-state index in [9.17, 15) is 0 Å². The van der Waals surface area contributed by atoms with Gasteiger partial charge in [0, 0.05) is 19.3 Å². The molecule has 3 saturated heterocycles. The normalized spacial score (nSPS) is 24.2. The Kier molecular flexibility index (Phi) is 5.44. The Morgan fingerprint density at radius 2 is 1.46 bits per heavy atom. The minimum absolute atomic E-state index is 0.179. The molecule has 3 fully saturated rings. The molecule has 2 aromatic rings. The predicted octanol–water partition coefficient (Wildman–Crippen LogP) is 4.34. The highest BCUT2D eigenvalue weighted by molar-refractivity contribution is 6.48. The van der Waals surface area contributed by atoms with Crippen LogP contribution in [0.25, 0.3) is 0 Å². The minimum Gasteiger partial charge on any atom is -0.406 e. The smallest absolute Gasteiger partial charge is 0.380 e. The van der Waals surface area contributed by atoms with Crippen LogP contribution in [0, 0.1) is 0 Å². The van der Waals surface area contributed by atoms with Gasteiger partial charge in [0.05, 0.1) is 0 Å². The predicted molar refractivity (Wildman–Crippen MR) is 106 cm³/mol. The Balaban J connectivity index is 0.000000292. The first-order valence-corrected chi connectivity index (χ1v) is 9.95. The average Bonchev–Trinajstić information content (AvgIpc) is 3.45. The molecule has 2 aromatic carbocycles. The molecule has 4 heteroatoms. The fraction of sp³-hybridized carbons (Fsp3) is 0.455. The first-order valence-electron chi connectivity index (χ1n) is 9.95. The molecule has 136 valence electrons. The van der Waals surface area contributed by atoms with Crippen molar-refractivity contribution in [1.82, 2.24) is 4.81 Å². The Morgan fingerprint density at radius 1 is 0.885 bits per heavy atom. The maximum absolute atomic E-state index is 6.61.